The van der Waals surface area contributed by atoms with Crippen LogP contribution in [0.3, 0.4) is 0 Å². The molecule has 0 radical (unpaired) electrons. The minimum atomic E-state index is 0.176. The predicted molar refractivity (Wildman–Crippen MR) is 83.9 cm³/mol. The number of nitrogens with zero attached hydrogens (tertiary/aromatic N) is 3. The second-order valence-corrected chi connectivity index (χ2v) is 4.82. The normalized spacial score (nSPS) is 11.5. The van der Waals surface area contributed by atoms with Crippen molar-refractivity contribution in [2.75, 3.05) is 0 Å². The molecule has 0 unspecified atom stereocenters. The largest absolute Gasteiger partial charge is 0.493 e. The molecule has 0 aliphatic carbocycles. The van der Waals surface area contributed by atoms with Gasteiger partial charge in [-0.05, 0) is 18.6 Å². The summed E-state index contributed by atoms with van der Waals surface area (Å²) in [6, 6.07) is 17.8. The van der Waals surface area contributed by atoms with E-state index in [2.05, 4.69) is 10.2 Å². The molecule has 0 aliphatic heterocycles. The molecule has 0 spiro atoms. The zero-order chi connectivity index (χ0) is 14.7. The quantitative estimate of drug-likeness (QED) is 0.694. The lowest BCUT2D eigenvalue weighted by atomic mass is 10.2. The van der Waals surface area contributed by atoms with Crippen molar-refractivity contribution in [1.29, 1.82) is 0 Å². The summed E-state index contributed by atoms with van der Waals surface area (Å²) in [7, 11) is 0. The van der Waals surface area contributed by atoms with E-state index in [9.17, 15) is 5.11 Å². The van der Waals surface area contributed by atoms with Crippen molar-refractivity contribution in [1.82, 2.24) is 4.57 Å². The summed E-state index contributed by atoms with van der Waals surface area (Å²) in [5.41, 5.74) is 2.62. The van der Waals surface area contributed by atoms with E-state index in [0.29, 0.717) is 18.8 Å². The van der Waals surface area contributed by atoms with Crippen LogP contribution in [0, 0.1) is 0 Å². The molecule has 1 heterocycles. The van der Waals surface area contributed by atoms with E-state index in [0.717, 1.165) is 16.5 Å². The van der Waals surface area contributed by atoms with Crippen molar-refractivity contribution >= 4 is 16.6 Å². The van der Waals surface area contributed by atoms with Gasteiger partial charge in [0.2, 0.25) is 5.88 Å². The van der Waals surface area contributed by atoms with Crippen LogP contribution in [0.4, 0.5) is 5.69 Å². The van der Waals surface area contributed by atoms with E-state index in [1.807, 2.05) is 66.1 Å². The van der Waals surface area contributed by atoms with Crippen LogP contribution < -0.4 is 0 Å². The molecule has 0 amide bonds. The lowest BCUT2D eigenvalue weighted by Gasteiger charge is -2.00. The summed E-state index contributed by atoms with van der Waals surface area (Å²) in [5, 5.41) is 19.7. The van der Waals surface area contributed by atoms with Crippen molar-refractivity contribution in [3.05, 3.63) is 60.2 Å². The number of hydrogen-bond donors (Lipinski definition) is 1. The maximum atomic E-state index is 10.3. The first-order valence-electron chi connectivity index (χ1n) is 7.03. The average Bonchev–Trinajstić information content (AvgIpc) is 2.80. The van der Waals surface area contributed by atoms with Gasteiger partial charge in [0.05, 0.1) is 12.1 Å². The van der Waals surface area contributed by atoms with E-state index in [4.69, 9.17) is 0 Å². The van der Waals surface area contributed by atoms with Crippen LogP contribution in [-0.2, 0) is 13.1 Å². The van der Waals surface area contributed by atoms with Crippen LogP contribution >= 0.6 is 0 Å². The number of fused-ring (bicyclic) bond motifs is 1. The smallest absolute Gasteiger partial charge is 0.220 e. The summed E-state index contributed by atoms with van der Waals surface area (Å²) < 4.78 is 1.84. The number of azo groups is 1. The topological polar surface area (TPSA) is 49.9 Å². The Balaban J connectivity index is 1.95. The number of aromatic nitrogens is 1. The summed E-state index contributed by atoms with van der Waals surface area (Å²) in [6.07, 6.45) is 0. The second-order valence-electron chi connectivity index (χ2n) is 4.82. The van der Waals surface area contributed by atoms with Crippen LogP contribution in [0.5, 0.6) is 5.88 Å². The van der Waals surface area contributed by atoms with Gasteiger partial charge >= 0.3 is 0 Å². The van der Waals surface area contributed by atoms with Gasteiger partial charge in [0.15, 0.2) is 5.69 Å². The first-order valence-corrected chi connectivity index (χ1v) is 7.03. The van der Waals surface area contributed by atoms with Gasteiger partial charge < -0.3 is 9.67 Å². The predicted octanol–water partition coefficient (Wildman–Crippen LogP) is 4.65. The molecule has 0 atom stereocenters. The monoisotopic (exact) mass is 279 g/mol. The molecule has 0 bridgehead atoms. The van der Waals surface area contributed by atoms with E-state index in [-0.39, 0.29) is 5.88 Å². The third kappa shape index (κ3) is 2.52. The summed E-state index contributed by atoms with van der Waals surface area (Å²) >= 11 is 0. The fraction of sp³-hybridized carbons (Fsp3) is 0.176. The third-order valence-electron chi connectivity index (χ3n) is 3.50. The fourth-order valence-corrected chi connectivity index (χ4v) is 2.46. The fourth-order valence-electron chi connectivity index (χ4n) is 2.46. The van der Waals surface area contributed by atoms with E-state index < -0.39 is 0 Å². The van der Waals surface area contributed by atoms with Gasteiger partial charge in [-0.2, -0.15) is 5.11 Å². The zero-order valence-electron chi connectivity index (χ0n) is 11.9. The Morgan fingerprint density at radius 1 is 1.00 bits per heavy atom. The zero-order valence-corrected chi connectivity index (χ0v) is 11.9. The highest BCUT2D eigenvalue weighted by molar-refractivity contribution is 5.94. The molecule has 1 N–H and O–H groups in total. The molecule has 3 aromatic rings. The number of aromatic hydroxyl groups is 1. The minimum absolute atomic E-state index is 0.176. The van der Waals surface area contributed by atoms with Crippen molar-refractivity contribution in [3.63, 3.8) is 0 Å². The van der Waals surface area contributed by atoms with E-state index in [1.165, 1.54) is 0 Å². The Kier molecular flexibility index (Phi) is 3.69. The summed E-state index contributed by atoms with van der Waals surface area (Å²) in [5.74, 6) is 0.176. The molecule has 4 nitrogen and oxygen atoms in total. The highest BCUT2D eigenvalue weighted by atomic mass is 16.3. The van der Waals surface area contributed by atoms with Crippen LogP contribution in [0.15, 0.2) is 64.8 Å². The third-order valence-corrected chi connectivity index (χ3v) is 3.50. The van der Waals surface area contributed by atoms with Crippen LogP contribution in [0.1, 0.15) is 12.5 Å². The number of para-hydroxylation sites is 1. The average molecular weight is 279 g/mol. The Bertz CT molecular complexity index is 775. The standard InChI is InChI=1S/C17H17N3O/c1-2-20-15-11-7-6-10-14(15)16(17(20)21)19-18-12-13-8-4-3-5-9-13/h3-11,21H,2,12H2,1H3. The molecule has 1 aromatic heterocycles. The number of hydrogen-bond acceptors (Lipinski definition) is 3. The molecule has 4 heteroatoms. The summed E-state index contributed by atoms with van der Waals surface area (Å²) in [6.45, 7) is 3.20. The number of rotatable bonds is 4. The number of aryl methyl sites for hydroxylation is 1. The molecule has 0 aliphatic rings. The van der Waals surface area contributed by atoms with E-state index >= 15 is 0 Å². The van der Waals surface area contributed by atoms with Gasteiger partial charge in [-0.1, -0.05) is 48.5 Å². The molecule has 0 saturated heterocycles. The van der Waals surface area contributed by atoms with Crippen molar-refractivity contribution in [2.45, 2.75) is 20.0 Å². The van der Waals surface area contributed by atoms with E-state index in [1.54, 1.807) is 0 Å². The lowest BCUT2D eigenvalue weighted by Crippen LogP contribution is -1.91. The highest BCUT2D eigenvalue weighted by Crippen LogP contribution is 2.38. The van der Waals surface area contributed by atoms with Gasteiger partial charge in [-0.3, -0.25) is 0 Å². The van der Waals surface area contributed by atoms with Crippen molar-refractivity contribution in [3.8, 4) is 5.88 Å². The molecular formula is C17H17N3O. The Labute approximate surface area is 123 Å². The van der Waals surface area contributed by atoms with Crippen LogP contribution in [-0.4, -0.2) is 9.67 Å². The Morgan fingerprint density at radius 3 is 2.48 bits per heavy atom. The lowest BCUT2D eigenvalue weighted by molar-refractivity contribution is 0.426. The second kappa shape index (κ2) is 5.79. The van der Waals surface area contributed by atoms with Crippen molar-refractivity contribution in [2.24, 2.45) is 10.2 Å². The SMILES string of the molecule is CCn1c(O)c(N=NCc2ccccc2)c2ccccc21. The summed E-state index contributed by atoms with van der Waals surface area (Å²) in [4.78, 5) is 0. The number of benzene rings is 2. The first kappa shape index (κ1) is 13.4. The molecule has 21 heavy (non-hydrogen) atoms. The molecule has 2 aromatic carbocycles. The molecule has 0 saturated carbocycles. The maximum Gasteiger partial charge on any atom is 0.220 e. The van der Waals surface area contributed by atoms with Gasteiger partial charge in [0, 0.05) is 11.9 Å². The Morgan fingerprint density at radius 2 is 1.71 bits per heavy atom. The molecule has 0 fully saturated rings. The van der Waals surface area contributed by atoms with Gasteiger partial charge in [0.25, 0.3) is 0 Å². The van der Waals surface area contributed by atoms with Crippen LogP contribution in [0.2, 0.25) is 0 Å². The first-order chi connectivity index (χ1) is 10.3. The van der Waals surface area contributed by atoms with Gasteiger partial charge in [-0.25, -0.2) is 0 Å². The Hall–Kier alpha value is -2.62. The van der Waals surface area contributed by atoms with Gasteiger partial charge in [-0.15, -0.1) is 5.11 Å². The van der Waals surface area contributed by atoms with Crippen LogP contribution in [0.25, 0.3) is 10.9 Å². The maximum absolute atomic E-state index is 10.3. The molecule has 106 valence electrons. The van der Waals surface area contributed by atoms with Crippen molar-refractivity contribution < 1.29 is 5.11 Å². The van der Waals surface area contributed by atoms with Gasteiger partial charge in [0.1, 0.15) is 0 Å². The minimum Gasteiger partial charge on any atom is -0.493 e. The molecular weight excluding hydrogens is 262 g/mol. The molecule has 3 rings (SSSR count). The highest BCUT2D eigenvalue weighted by Gasteiger charge is 2.14.